The Kier molecular flexibility index (Phi) is 3.73. The first kappa shape index (κ1) is 12.8. The normalized spacial score (nSPS) is 41.8. The smallest absolute Gasteiger partial charge is 0.228 e. The van der Waals surface area contributed by atoms with Crippen LogP contribution < -0.4 is 5.32 Å². The van der Waals surface area contributed by atoms with E-state index in [-0.39, 0.29) is 24.0 Å². The summed E-state index contributed by atoms with van der Waals surface area (Å²) in [5.74, 6) is 0.591. The molecule has 1 amide bonds. The number of nitrogens with one attached hydrogen (secondary N) is 1. The molecule has 2 saturated heterocycles. The summed E-state index contributed by atoms with van der Waals surface area (Å²) in [6.45, 7) is 8.14. The van der Waals surface area contributed by atoms with E-state index in [4.69, 9.17) is 4.74 Å². The number of likely N-dealkylation sites (N-methyl/N-ethyl adjacent to an activating group) is 1. The second-order valence-corrected chi connectivity index (χ2v) is 5.53. The molecule has 0 aliphatic carbocycles. The quantitative estimate of drug-likeness (QED) is 0.778. The first-order valence-electron chi connectivity index (χ1n) is 6.65. The van der Waals surface area contributed by atoms with E-state index < -0.39 is 0 Å². The molecule has 2 rings (SSSR count). The Balaban J connectivity index is 2.03. The van der Waals surface area contributed by atoms with Gasteiger partial charge in [-0.25, -0.2) is 0 Å². The van der Waals surface area contributed by atoms with Crippen LogP contribution in [0.25, 0.3) is 0 Å². The van der Waals surface area contributed by atoms with Gasteiger partial charge in [-0.1, -0.05) is 6.92 Å². The molecule has 0 saturated carbocycles. The highest BCUT2D eigenvalue weighted by Crippen LogP contribution is 2.33. The third-order valence-corrected chi connectivity index (χ3v) is 4.46. The monoisotopic (exact) mass is 240 g/mol. The Bertz CT molecular complexity index is 289. The Morgan fingerprint density at radius 3 is 2.47 bits per heavy atom. The van der Waals surface area contributed by atoms with E-state index in [1.807, 2.05) is 18.9 Å². The van der Waals surface area contributed by atoms with Crippen molar-refractivity contribution in [1.29, 1.82) is 0 Å². The maximum atomic E-state index is 12.5. The molecule has 0 bridgehead atoms. The third kappa shape index (κ3) is 2.33. The van der Waals surface area contributed by atoms with Crippen molar-refractivity contribution in [1.82, 2.24) is 10.2 Å². The summed E-state index contributed by atoms with van der Waals surface area (Å²) < 4.78 is 5.76. The minimum Gasteiger partial charge on any atom is -0.374 e. The predicted molar refractivity (Wildman–Crippen MR) is 66.7 cm³/mol. The zero-order valence-corrected chi connectivity index (χ0v) is 11.3. The average Bonchev–Trinajstić information content (AvgIpc) is 2.87. The topological polar surface area (TPSA) is 41.6 Å². The molecular weight excluding hydrogens is 216 g/mol. The summed E-state index contributed by atoms with van der Waals surface area (Å²) in [6, 6.07) is 0.359. The molecule has 5 unspecified atom stereocenters. The van der Waals surface area contributed by atoms with Gasteiger partial charge in [0, 0.05) is 19.6 Å². The lowest BCUT2D eigenvalue weighted by molar-refractivity contribution is -0.138. The first-order chi connectivity index (χ1) is 8.02. The van der Waals surface area contributed by atoms with Crippen LogP contribution in [0.4, 0.5) is 0 Å². The van der Waals surface area contributed by atoms with E-state index in [2.05, 4.69) is 19.2 Å². The third-order valence-electron chi connectivity index (χ3n) is 4.46. The molecule has 2 aliphatic rings. The molecule has 0 aromatic rings. The molecule has 0 radical (unpaired) electrons. The minimum atomic E-state index is 0.0237. The number of nitrogens with zero attached hydrogens (tertiary/aromatic N) is 1. The van der Waals surface area contributed by atoms with Crippen molar-refractivity contribution < 1.29 is 9.53 Å². The number of hydrogen-bond donors (Lipinski definition) is 1. The molecule has 2 fully saturated rings. The fourth-order valence-corrected chi connectivity index (χ4v) is 3.08. The van der Waals surface area contributed by atoms with Crippen molar-refractivity contribution >= 4 is 5.91 Å². The summed E-state index contributed by atoms with van der Waals surface area (Å²) in [5, 5.41) is 3.30. The number of carbonyl (C=O) groups is 1. The molecule has 98 valence electrons. The standard InChI is InChI=1S/C13H24N2O2/c1-8-9(2)17-10(3)12(8)13(16)15(4)11-5-6-14-7-11/h8-12,14H,5-7H2,1-4H3. The Labute approximate surface area is 104 Å². The van der Waals surface area contributed by atoms with Crippen molar-refractivity contribution in [2.75, 3.05) is 20.1 Å². The molecule has 2 heterocycles. The fourth-order valence-electron chi connectivity index (χ4n) is 3.08. The van der Waals surface area contributed by atoms with Crippen LogP contribution in [-0.4, -0.2) is 49.2 Å². The van der Waals surface area contributed by atoms with Gasteiger partial charge in [-0.05, 0) is 32.7 Å². The van der Waals surface area contributed by atoms with E-state index in [0.29, 0.717) is 12.0 Å². The van der Waals surface area contributed by atoms with Gasteiger partial charge in [-0.15, -0.1) is 0 Å². The zero-order valence-electron chi connectivity index (χ0n) is 11.3. The van der Waals surface area contributed by atoms with Gasteiger partial charge in [0.2, 0.25) is 5.91 Å². The minimum absolute atomic E-state index is 0.0237. The average molecular weight is 240 g/mol. The Morgan fingerprint density at radius 1 is 1.29 bits per heavy atom. The summed E-state index contributed by atoms with van der Waals surface area (Å²) in [5.41, 5.74) is 0. The molecule has 2 aliphatic heterocycles. The molecule has 1 N–H and O–H groups in total. The summed E-state index contributed by atoms with van der Waals surface area (Å²) >= 11 is 0. The van der Waals surface area contributed by atoms with E-state index >= 15 is 0 Å². The highest BCUT2D eigenvalue weighted by Gasteiger charge is 2.43. The number of amides is 1. The fraction of sp³-hybridized carbons (Fsp3) is 0.923. The Morgan fingerprint density at radius 2 is 2.00 bits per heavy atom. The van der Waals surface area contributed by atoms with Gasteiger partial charge < -0.3 is 15.0 Å². The molecule has 4 heteroatoms. The number of hydrogen-bond acceptors (Lipinski definition) is 3. The van der Waals surface area contributed by atoms with Crippen LogP contribution >= 0.6 is 0 Å². The molecule has 17 heavy (non-hydrogen) atoms. The van der Waals surface area contributed by atoms with Crippen LogP contribution in [0.15, 0.2) is 0 Å². The van der Waals surface area contributed by atoms with Crippen molar-refractivity contribution in [2.45, 2.75) is 45.4 Å². The second-order valence-electron chi connectivity index (χ2n) is 5.53. The van der Waals surface area contributed by atoms with Gasteiger partial charge in [0.1, 0.15) is 0 Å². The molecule has 5 atom stereocenters. The summed E-state index contributed by atoms with van der Waals surface area (Å²) in [7, 11) is 1.93. The number of ether oxygens (including phenoxy) is 1. The lowest BCUT2D eigenvalue weighted by Gasteiger charge is -2.29. The van der Waals surface area contributed by atoms with Crippen LogP contribution in [0.3, 0.4) is 0 Å². The van der Waals surface area contributed by atoms with Gasteiger partial charge in [-0.2, -0.15) is 0 Å². The van der Waals surface area contributed by atoms with Gasteiger partial charge in [0.25, 0.3) is 0 Å². The van der Waals surface area contributed by atoms with Crippen molar-refractivity contribution in [3.05, 3.63) is 0 Å². The second kappa shape index (κ2) is 4.94. The summed E-state index contributed by atoms with van der Waals surface area (Å²) in [6.07, 6.45) is 1.30. The SMILES string of the molecule is CC1OC(C)C(C(=O)N(C)C2CCNC2)C1C. The molecule has 4 nitrogen and oxygen atoms in total. The first-order valence-corrected chi connectivity index (χ1v) is 6.65. The van der Waals surface area contributed by atoms with Crippen molar-refractivity contribution in [3.63, 3.8) is 0 Å². The van der Waals surface area contributed by atoms with Crippen LogP contribution in [0, 0.1) is 11.8 Å². The predicted octanol–water partition coefficient (Wildman–Crippen LogP) is 0.866. The van der Waals surface area contributed by atoms with Crippen molar-refractivity contribution in [3.8, 4) is 0 Å². The van der Waals surface area contributed by atoms with Crippen LogP contribution in [0.1, 0.15) is 27.2 Å². The van der Waals surface area contributed by atoms with E-state index in [0.717, 1.165) is 19.5 Å². The molecule has 0 aromatic heterocycles. The maximum Gasteiger partial charge on any atom is 0.228 e. The Hall–Kier alpha value is -0.610. The van der Waals surface area contributed by atoms with E-state index in [1.165, 1.54) is 0 Å². The van der Waals surface area contributed by atoms with Gasteiger partial charge in [-0.3, -0.25) is 4.79 Å². The van der Waals surface area contributed by atoms with Gasteiger partial charge in [0.05, 0.1) is 18.1 Å². The van der Waals surface area contributed by atoms with Crippen LogP contribution in [0.2, 0.25) is 0 Å². The van der Waals surface area contributed by atoms with Gasteiger partial charge in [0.15, 0.2) is 0 Å². The summed E-state index contributed by atoms with van der Waals surface area (Å²) in [4.78, 5) is 14.4. The number of rotatable bonds is 2. The van der Waals surface area contributed by atoms with Crippen molar-refractivity contribution in [2.24, 2.45) is 11.8 Å². The maximum absolute atomic E-state index is 12.5. The molecule has 0 spiro atoms. The highest BCUT2D eigenvalue weighted by atomic mass is 16.5. The zero-order chi connectivity index (χ0) is 12.6. The number of carbonyl (C=O) groups excluding carboxylic acids is 1. The molecular formula is C13H24N2O2. The van der Waals surface area contributed by atoms with E-state index in [1.54, 1.807) is 0 Å². The largest absolute Gasteiger partial charge is 0.374 e. The molecule has 0 aromatic carbocycles. The van der Waals surface area contributed by atoms with Gasteiger partial charge >= 0.3 is 0 Å². The van der Waals surface area contributed by atoms with Crippen LogP contribution in [0.5, 0.6) is 0 Å². The van der Waals surface area contributed by atoms with E-state index in [9.17, 15) is 4.79 Å². The highest BCUT2D eigenvalue weighted by molar-refractivity contribution is 5.80. The van der Waals surface area contributed by atoms with Crippen LogP contribution in [-0.2, 0) is 9.53 Å². The lowest BCUT2D eigenvalue weighted by atomic mass is 9.88. The lowest BCUT2D eigenvalue weighted by Crippen LogP contribution is -2.45.